The number of carbonyl (C=O) groups excluding carboxylic acids is 1. The third-order valence-corrected chi connectivity index (χ3v) is 1.75. The molecule has 3 N–H and O–H groups in total. The summed E-state index contributed by atoms with van der Waals surface area (Å²) in [5, 5.41) is 3.00. The first-order valence-corrected chi connectivity index (χ1v) is 4.31. The van der Waals surface area contributed by atoms with E-state index in [0.29, 0.717) is 6.54 Å². The molecule has 0 bridgehead atoms. The summed E-state index contributed by atoms with van der Waals surface area (Å²) in [6.45, 7) is 3.81. The molecule has 4 nitrogen and oxygen atoms in total. The number of nitrogens with two attached hydrogens (primary N) is 1. The first-order chi connectivity index (χ1) is 6.20. The molecule has 1 aliphatic heterocycles. The molecule has 0 aromatic heterocycles. The lowest BCUT2D eigenvalue weighted by molar-refractivity contribution is -0.129. The van der Waals surface area contributed by atoms with Crippen molar-refractivity contribution in [2.45, 2.75) is 6.92 Å². The minimum absolute atomic E-state index is 0.102. The standard InChI is InChI=1S/C9H15N3O/c1-8(10)3-2-5-12-6-4-11-7-9(12)13/h2-3,5,11H,4,6-7,10H2,1H3/b5-2+,8-3-. The fourth-order valence-electron chi connectivity index (χ4n) is 1.08. The Kier molecular flexibility index (Phi) is 3.52. The third-order valence-electron chi connectivity index (χ3n) is 1.75. The summed E-state index contributed by atoms with van der Waals surface area (Å²) >= 11 is 0. The lowest BCUT2D eigenvalue weighted by Crippen LogP contribution is -2.45. The highest BCUT2D eigenvalue weighted by molar-refractivity contribution is 5.79. The predicted octanol–water partition coefficient (Wildman–Crippen LogP) is -0.206. The summed E-state index contributed by atoms with van der Waals surface area (Å²) in [6, 6.07) is 0. The number of hydrogen-bond donors (Lipinski definition) is 2. The summed E-state index contributed by atoms with van der Waals surface area (Å²) in [7, 11) is 0. The van der Waals surface area contributed by atoms with Crippen LogP contribution in [0.15, 0.2) is 24.0 Å². The Labute approximate surface area is 78.1 Å². The Bertz CT molecular complexity index is 241. The fraction of sp³-hybridized carbons (Fsp3) is 0.444. The van der Waals surface area contributed by atoms with Crippen LogP contribution in [0.4, 0.5) is 0 Å². The van der Waals surface area contributed by atoms with E-state index in [1.807, 2.05) is 6.92 Å². The Morgan fingerprint density at radius 2 is 2.46 bits per heavy atom. The molecule has 0 aromatic rings. The molecule has 1 amide bonds. The zero-order chi connectivity index (χ0) is 9.68. The maximum atomic E-state index is 11.2. The number of piperazine rings is 1. The van der Waals surface area contributed by atoms with E-state index in [0.717, 1.165) is 18.8 Å². The maximum Gasteiger partial charge on any atom is 0.240 e. The van der Waals surface area contributed by atoms with E-state index < -0.39 is 0 Å². The van der Waals surface area contributed by atoms with Gasteiger partial charge in [-0.3, -0.25) is 4.79 Å². The Hall–Kier alpha value is -1.29. The van der Waals surface area contributed by atoms with Gasteiger partial charge >= 0.3 is 0 Å². The maximum absolute atomic E-state index is 11.2. The summed E-state index contributed by atoms with van der Waals surface area (Å²) < 4.78 is 0. The fourth-order valence-corrected chi connectivity index (χ4v) is 1.08. The molecular formula is C9H15N3O. The van der Waals surface area contributed by atoms with E-state index in [9.17, 15) is 4.79 Å². The number of nitrogens with zero attached hydrogens (tertiary/aromatic N) is 1. The minimum atomic E-state index is 0.102. The molecule has 0 atom stereocenters. The first kappa shape index (κ1) is 9.80. The third kappa shape index (κ3) is 3.29. The van der Waals surface area contributed by atoms with Crippen LogP contribution >= 0.6 is 0 Å². The highest BCUT2D eigenvalue weighted by atomic mass is 16.2. The van der Waals surface area contributed by atoms with Crippen molar-refractivity contribution in [3.8, 4) is 0 Å². The van der Waals surface area contributed by atoms with Crippen LogP contribution in [-0.2, 0) is 4.79 Å². The van der Waals surface area contributed by atoms with Gasteiger partial charge in [-0.05, 0) is 19.1 Å². The zero-order valence-electron chi connectivity index (χ0n) is 7.79. The van der Waals surface area contributed by atoms with Gasteiger partial charge in [-0.25, -0.2) is 0 Å². The number of allylic oxidation sites excluding steroid dienone is 3. The van der Waals surface area contributed by atoms with Gasteiger partial charge in [-0.2, -0.15) is 0 Å². The normalized spacial score (nSPS) is 19.9. The average molecular weight is 181 g/mol. The molecule has 1 rings (SSSR count). The molecular weight excluding hydrogens is 166 g/mol. The molecule has 1 heterocycles. The van der Waals surface area contributed by atoms with Gasteiger partial charge in [-0.15, -0.1) is 0 Å². The topological polar surface area (TPSA) is 58.4 Å². The van der Waals surface area contributed by atoms with Crippen molar-refractivity contribution in [1.82, 2.24) is 10.2 Å². The number of amides is 1. The molecule has 0 radical (unpaired) electrons. The smallest absolute Gasteiger partial charge is 0.240 e. The Balaban J connectivity index is 2.47. The summed E-state index contributed by atoms with van der Waals surface area (Å²) in [5.74, 6) is 0.102. The van der Waals surface area contributed by atoms with Crippen molar-refractivity contribution in [1.29, 1.82) is 0 Å². The van der Waals surface area contributed by atoms with E-state index in [2.05, 4.69) is 5.32 Å². The van der Waals surface area contributed by atoms with Crippen LogP contribution in [-0.4, -0.2) is 30.4 Å². The monoisotopic (exact) mass is 181 g/mol. The van der Waals surface area contributed by atoms with E-state index in [4.69, 9.17) is 5.73 Å². The van der Waals surface area contributed by atoms with Crippen molar-refractivity contribution >= 4 is 5.91 Å². The number of hydrogen-bond acceptors (Lipinski definition) is 3. The van der Waals surface area contributed by atoms with E-state index in [-0.39, 0.29) is 5.91 Å². The minimum Gasteiger partial charge on any atom is -0.402 e. The molecule has 72 valence electrons. The van der Waals surface area contributed by atoms with Gasteiger partial charge in [0.05, 0.1) is 6.54 Å². The first-order valence-electron chi connectivity index (χ1n) is 4.31. The van der Waals surface area contributed by atoms with Crippen LogP contribution in [0.25, 0.3) is 0 Å². The highest BCUT2D eigenvalue weighted by Crippen LogP contribution is 1.95. The van der Waals surface area contributed by atoms with Gasteiger partial charge < -0.3 is 16.0 Å². The second kappa shape index (κ2) is 4.67. The molecule has 13 heavy (non-hydrogen) atoms. The van der Waals surface area contributed by atoms with Crippen molar-refractivity contribution < 1.29 is 4.79 Å². The van der Waals surface area contributed by atoms with Crippen molar-refractivity contribution in [3.05, 3.63) is 24.0 Å². The lowest BCUT2D eigenvalue weighted by atomic mass is 10.3. The lowest BCUT2D eigenvalue weighted by Gasteiger charge is -2.23. The summed E-state index contributed by atoms with van der Waals surface area (Å²) in [5.41, 5.74) is 6.17. The number of carbonyl (C=O) groups is 1. The van der Waals surface area contributed by atoms with Crippen LogP contribution in [0, 0.1) is 0 Å². The van der Waals surface area contributed by atoms with Gasteiger partial charge in [0, 0.05) is 25.0 Å². The second-order valence-corrected chi connectivity index (χ2v) is 3.02. The molecule has 0 unspecified atom stereocenters. The number of nitrogens with one attached hydrogen (secondary N) is 1. The molecule has 4 heteroatoms. The average Bonchev–Trinajstić information content (AvgIpc) is 2.08. The number of rotatable bonds is 2. The molecule has 0 aromatic carbocycles. The SMILES string of the molecule is C/C(N)=C/C=C/N1CCNCC1=O. The molecule has 0 spiro atoms. The van der Waals surface area contributed by atoms with Crippen LogP contribution in [0.2, 0.25) is 0 Å². The van der Waals surface area contributed by atoms with Gasteiger partial charge in [0.2, 0.25) is 5.91 Å². The Morgan fingerprint density at radius 1 is 1.69 bits per heavy atom. The summed E-state index contributed by atoms with van der Waals surface area (Å²) in [4.78, 5) is 12.9. The van der Waals surface area contributed by atoms with Crippen molar-refractivity contribution in [3.63, 3.8) is 0 Å². The van der Waals surface area contributed by atoms with Crippen molar-refractivity contribution in [2.75, 3.05) is 19.6 Å². The Morgan fingerprint density at radius 3 is 3.08 bits per heavy atom. The van der Waals surface area contributed by atoms with Crippen LogP contribution in [0.3, 0.4) is 0 Å². The van der Waals surface area contributed by atoms with E-state index in [1.54, 1.807) is 23.3 Å². The molecule has 1 aliphatic rings. The van der Waals surface area contributed by atoms with Gasteiger partial charge in [0.1, 0.15) is 0 Å². The van der Waals surface area contributed by atoms with Crippen LogP contribution in [0.5, 0.6) is 0 Å². The molecule has 1 saturated heterocycles. The van der Waals surface area contributed by atoms with Gasteiger partial charge in [-0.1, -0.05) is 0 Å². The van der Waals surface area contributed by atoms with E-state index in [1.165, 1.54) is 0 Å². The molecule has 1 fully saturated rings. The molecule has 0 aliphatic carbocycles. The van der Waals surface area contributed by atoms with Crippen molar-refractivity contribution in [2.24, 2.45) is 5.73 Å². The largest absolute Gasteiger partial charge is 0.402 e. The van der Waals surface area contributed by atoms with Gasteiger partial charge in [0.15, 0.2) is 0 Å². The molecule has 0 saturated carbocycles. The highest BCUT2D eigenvalue weighted by Gasteiger charge is 2.13. The summed E-state index contributed by atoms with van der Waals surface area (Å²) in [6.07, 6.45) is 5.33. The quantitative estimate of drug-likeness (QED) is 0.580. The second-order valence-electron chi connectivity index (χ2n) is 3.02. The van der Waals surface area contributed by atoms with Crippen LogP contribution < -0.4 is 11.1 Å². The van der Waals surface area contributed by atoms with Gasteiger partial charge in [0.25, 0.3) is 0 Å². The van der Waals surface area contributed by atoms with E-state index >= 15 is 0 Å². The van der Waals surface area contributed by atoms with Crippen LogP contribution in [0.1, 0.15) is 6.92 Å². The zero-order valence-corrected chi connectivity index (χ0v) is 7.79. The predicted molar refractivity (Wildman–Crippen MR) is 51.7 cm³/mol.